The van der Waals surface area contributed by atoms with Crippen LogP contribution in [0.2, 0.25) is 0 Å². The van der Waals surface area contributed by atoms with Crippen LogP contribution < -0.4 is 5.32 Å². The van der Waals surface area contributed by atoms with Crippen LogP contribution in [-0.4, -0.2) is 14.7 Å². The lowest BCUT2D eigenvalue weighted by molar-refractivity contribution is 0.573. The van der Waals surface area contributed by atoms with E-state index in [1.165, 1.54) is 17.4 Å². The first kappa shape index (κ1) is 15.2. The highest BCUT2D eigenvalue weighted by molar-refractivity contribution is 7.90. The Morgan fingerprint density at radius 1 is 1.20 bits per heavy atom. The van der Waals surface area contributed by atoms with E-state index in [0.717, 1.165) is 12.1 Å². The summed E-state index contributed by atoms with van der Waals surface area (Å²) in [5.41, 5.74) is 3.71. The molecule has 0 saturated heterocycles. The molecule has 0 bridgehead atoms. The summed E-state index contributed by atoms with van der Waals surface area (Å²) in [6.07, 6.45) is 1.23. The van der Waals surface area contributed by atoms with Crippen molar-refractivity contribution in [2.24, 2.45) is 0 Å². The van der Waals surface area contributed by atoms with E-state index in [0.29, 0.717) is 4.90 Å². The Morgan fingerprint density at radius 3 is 2.35 bits per heavy atom. The van der Waals surface area contributed by atoms with Gasteiger partial charge in [-0.05, 0) is 53.4 Å². The average molecular weight is 309 g/mol. The summed E-state index contributed by atoms with van der Waals surface area (Å²) >= 11 is 1.71. The Hall–Kier alpha value is -1.17. The first-order chi connectivity index (χ1) is 9.38. The topological polar surface area (TPSA) is 46.2 Å². The molecule has 5 heteroatoms. The predicted octanol–water partition coefficient (Wildman–Crippen LogP) is 3.31. The zero-order valence-corrected chi connectivity index (χ0v) is 13.5. The van der Waals surface area contributed by atoms with Gasteiger partial charge in [-0.1, -0.05) is 12.1 Å². The lowest BCUT2D eigenvalue weighted by Gasteiger charge is -2.14. The lowest BCUT2D eigenvalue weighted by atomic mass is 10.1. The molecule has 0 aliphatic carbocycles. The highest BCUT2D eigenvalue weighted by Gasteiger charge is 2.09. The van der Waals surface area contributed by atoms with Crippen LogP contribution in [0.4, 0.5) is 0 Å². The molecule has 108 valence electrons. The number of sulfone groups is 1. The number of benzene rings is 1. The van der Waals surface area contributed by atoms with Gasteiger partial charge in [-0.2, -0.15) is 11.3 Å². The van der Waals surface area contributed by atoms with E-state index in [1.54, 1.807) is 23.5 Å². The third kappa shape index (κ3) is 3.69. The minimum atomic E-state index is -3.12. The number of hydrogen-bond donors (Lipinski definition) is 1. The van der Waals surface area contributed by atoms with Crippen molar-refractivity contribution in [2.45, 2.75) is 31.3 Å². The number of aryl methyl sites for hydroxylation is 1. The highest BCUT2D eigenvalue weighted by Crippen LogP contribution is 2.18. The Morgan fingerprint density at radius 2 is 1.85 bits per heavy atom. The molecule has 1 aromatic carbocycles. The van der Waals surface area contributed by atoms with Gasteiger partial charge in [0.1, 0.15) is 0 Å². The molecule has 2 aromatic rings. The fraction of sp³-hybridized carbons (Fsp3) is 0.333. The van der Waals surface area contributed by atoms with Crippen LogP contribution >= 0.6 is 11.3 Å². The molecular formula is C15H19NO2S2. The quantitative estimate of drug-likeness (QED) is 0.921. The third-order valence-corrected chi connectivity index (χ3v) is 5.41. The van der Waals surface area contributed by atoms with Gasteiger partial charge < -0.3 is 5.32 Å². The van der Waals surface area contributed by atoms with Crippen molar-refractivity contribution in [2.75, 3.05) is 6.26 Å². The fourth-order valence-electron chi connectivity index (χ4n) is 1.95. The largest absolute Gasteiger partial charge is 0.306 e. The van der Waals surface area contributed by atoms with E-state index in [2.05, 4.69) is 29.9 Å². The van der Waals surface area contributed by atoms with Crippen molar-refractivity contribution in [3.8, 4) is 0 Å². The Kier molecular flexibility index (Phi) is 4.62. The van der Waals surface area contributed by atoms with Gasteiger partial charge in [-0.25, -0.2) is 8.42 Å². The zero-order valence-electron chi connectivity index (χ0n) is 11.9. The molecule has 2 rings (SSSR count). The van der Waals surface area contributed by atoms with Gasteiger partial charge in [0.2, 0.25) is 0 Å². The van der Waals surface area contributed by atoms with Gasteiger partial charge in [-0.15, -0.1) is 0 Å². The smallest absolute Gasteiger partial charge is 0.175 e. The molecule has 0 saturated carbocycles. The lowest BCUT2D eigenvalue weighted by Crippen LogP contribution is -2.18. The SMILES string of the molecule is Cc1cscc1CNC(C)c1ccc(S(C)(=O)=O)cc1. The Bertz CT molecular complexity index is 672. The van der Waals surface area contributed by atoms with Gasteiger partial charge in [0.15, 0.2) is 9.84 Å². The van der Waals surface area contributed by atoms with Crippen LogP contribution in [0.1, 0.15) is 29.7 Å². The summed E-state index contributed by atoms with van der Waals surface area (Å²) in [5.74, 6) is 0. The van der Waals surface area contributed by atoms with Crippen molar-refractivity contribution in [3.05, 3.63) is 51.7 Å². The Labute approximate surface area is 124 Å². The fourth-order valence-corrected chi connectivity index (χ4v) is 3.44. The molecular weight excluding hydrogens is 290 g/mol. The van der Waals surface area contributed by atoms with E-state index in [4.69, 9.17) is 0 Å². The minimum absolute atomic E-state index is 0.183. The Balaban J connectivity index is 2.03. The maximum atomic E-state index is 11.4. The number of hydrogen-bond acceptors (Lipinski definition) is 4. The standard InChI is InChI=1S/C15H19NO2S2/c1-11-9-19-10-14(11)8-16-12(2)13-4-6-15(7-5-13)20(3,17)18/h4-7,9-10,12,16H,8H2,1-3H3. The minimum Gasteiger partial charge on any atom is -0.306 e. The number of thiophene rings is 1. The van der Waals surface area contributed by atoms with E-state index < -0.39 is 9.84 Å². The second kappa shape index (κ2) is 6.08. The van der Waals surface area contributed by atoms with E-state index in [1.807, 2.05) is 12.1 Å². The summed E-state index contributed by atoms with van der Waals surface area (Å²) in [6, 6.07) is 7.25. The maximum Gasteiger partial charge on any atom is 0.175 e. The van der Waals surface area contributed by atoms with Gasteiger partial charge >= 0.3 is 0 Å². The molecule has 0 amide bonds. The van der Waals surface area contributed by atoms with E-state index in [9.17, 15) is 8.42 Å². The van der Waals surface area contributed by atoms with Gasteiger partial charge in [0.05, 0.1) is 4.90 Å². The van der Waals surface area contributed by atoms with Crippen LogP contribution in [0, 0.1) is 6.92 Å². The third-order valence-electron chi connectivity index (χ3n) is 3.37. The molecule has 1 atom stereocenters. The van der Waals surface area contributed by atoms with Crippen molar-refractivity contribution in [1.82, 2.24) is 5.32 Å². The number of nitrogens with one attached hydrogen (secondary N) is 1. The molecule has 0 radical (unpaired) electrons. The monoisotopic (exact) mass is 309 g/mol. The second-order valence-electron chi connectivity index (χ2n) is 5.02. The normalized spacial score (nSPS) is 13.3. The molecule has 3 nitrogen and oxygen atoms in total. The van der Waals surface area contributed by atoms with E-state index >= 15 is 0 Å². The molecule has 0 fully saturated rings. The van der Waals surface area contributed by atoms with Crippen LogP contribution in [0.3, 0.4) is 0 Å². The van der Waals surface area contributed by atoms with Crippen molar-refractivity contribution in [1.29, 1.82) is 0 Å². The average Bonchev–Trinajstić information content (AvgIpc) is 2.81. The summed E-state index contributed by atoms with van der Waals surface area (Å²) in [6.45, 7) is 5.01. The van der Waals surface area contributed by atoms with Crippen LogP contribution in [0.25, 0.3) is 0 Å². The van der Waals surface area contributed by atoms with Crippen LogP contribution in [0.5, 0.6) is 0 Å². The molecule has 1 aromatic heterocycles. The first-order valence-electron chi connectivity index (χ1n) is 6.43. The number of rotatable bonds is 5. The van der Waals surface area contributed by atoms with Crippen molar-refractivity contribution >= 4 is 21.2 Å². The van der Waals surface area contributed by atoms with Crippen LogP contribution in [0.15, 0.2) is 39.9 Å². The summed E-state index contributed by atoms with van der Waals surface area (Å²) in [7, 11) is -3.12. The summed E-state index contributed by atoms with van der Waals surface area (Å²) in [5, 5.41) is 7.75. The molecule has 1 N–H and O–H groups in total. The van der Waals surface area contributed by atoms with Crippen LogP contribution in [-0.2, 0) is 16.4 Å². The molecule has 1 heterocycles. The zero-order chi connectivity index (χ0) is 14.8. The summed E-state index contributed by atoms with van der Waals surface area (Å²) < 4.78 is 22.8. The molecule has 1 unspecified atom stereocenters. The first-order valence-corrected chi connectivity index (χ1v) is 9.26. The maximum absolute atomic E-state index is 11.4. The van der Waals surface area contributed by atoms with E-state index in [-0.39, 0.29) is 6.04 Å². The van der Waals surface area contributed by atoms with Crippen molar-refractivity contribution in [3.63, 3.8) is 0 Å². The predicted molar refractivity (Wildman–Crippen MR) is 83.9 cm³/mol. The van der Waals surface area contributed by atoms with Gasteiger partial charge in [-0.3, -0.25) is 0 Å². The molecule has 0 aliphatic rings. The highest BCUT2D eigenvalue weighted by atomic mass is 32.2. The molecule has 0 aliphatic heterocycles. The summed E-state index contributed by atoms with van der Waals surface area (Å²) in [4.78, 5) is 0.363. The second-order valence-corrected chi connectivity index (χ2v) is 7.78. The van der Waals surface area contributed by atoms with Gasteiger partial charge in [0.25, 0.3) is 0 Å². The van der Waals surface area contributed by atoms with Crippen molar-refractivity contribution < 1.29 is 8.42 Å². The van der Waals surface area contributed by atoms with Gasteiger partial charge in [0, 0.05) is 18.8 Å². The molecule has 0 spiro atoms. The molecule has 20 heavy (non-hydrogen) atoms.